The van der Waals surface area contributed by atoms with Gasteiger partial charge in [0.1, 0.15) is 0 Å². The average Bonchev–Trinajstić information content (AvgIpc) is 2.87. The van der Waals surface area contributed by atoms with Crippen LogP contribution in [0.25, 0.3) is 0 Å². The SMILES string of the molecule is N#CCC1(c2ccc3c(c2)OCO3)CCNCC1. The molecule has 0 aliphatic carbocycles. The van der Waals surface area contributed by atoms with E-state index in [0.29, 0.717) is 13.2 Å². The van der Waals surface area contributed by atoms with Crippen molar-refractivity contribution in [2.24, 2.45) is 0 Å². The predicted octanol–water partition coefficient (Wildman–Crippen LogP) is 1.95. The zero-order valence-electron chi connectivity index (χ0n) is 10.2. The predicted molar refractivity (Wildman–Crippen MR) is 66.6 cm³/mol. The molecule has 1 saturated heterocycles. The van der Waals surface area contributed by atoms with Crippen molar-refractivity contribution in [2.75, 3.05) is 19.9 Å². The van der Waals surface area contributed by atoms with Crippen LogP contribution in [-0.2, 0) is 5.41 Å². The normalized spacial score (nSPS) is 20.4. The third-order valence-electron chi connectivity index (χ3n) is 3.96. The second-order valence-corrected chi connectivity index (χ2v) is 4.93. The Kier molecular flexibility index (Phi) is 2.85. The van der Waals surface area contributed by atoms with Gasteiger partial charge in [-0.1, -0.05) is 6.07 Å². The van der Waals surface area contributed by atoms with E-state index in [9.17, 15) is 0 Å². The fraction of sp³-hybridized carbons (Fsp3) is 0.500. The van der Waals surface area contributed by atoms with E-state index in [4.69, 9.17) is 14.7 Å². The standard InChI is InChI=1S/C14H16N2O2/c15-6-3-14(4-7-16-8-5-14)11-1-2-12-13(9-11)18-10-17-12/h1-2,9,16H,3-5,7-8,10H2. The average molecular weight is 244 g/mol. The highest BCUT2D eigenvalue weighted by Crippen LogP contribution is 2.41. The summed E-state index contributed by atoms with van der Waals surface area (Å²) in [6.45, 7) is 2.23. The molecule has 1 N–H and O–H groups in total. The van der Waals surface area contributed by atoms with Gasteiger partial charge in [-0.25, -0.2) is 0 Å². The van der Waals surface area contributed by atoms with Crippen LogP contribution >= 0.6 is 0 Å². The van der Waals surface area contributed by atoms with Crippen LogP contribution in [0.4, 0.5) is 0 Å². The molecule has 0 aromatic heterocycles. The molecule has 0 atom stereocenters. The number of hydrogen-bond donors (Lipinski definition) is 1. The van der Waals surface area contributed by atoms with Gasteiger partial charge in [0.05, 0.1) is 6.07 Å². The molecule has 0 saturated carbocycles. The highest BCUT2D eigenvalue weighted by atomic mass is 16.7. The van der Waals surface area contributed by atoms with Gasteiger partial charge >= 0.3 is 0 Å². The smallest absolute Gasteiger partial charge is 0.231 e. The van der Waals surface area contributed by atoms with Gasteiger partial charge < -0.3 is 14.8 Å². The Labute approximate surface area is 107 Å². The van der Waals surface area contributed by atoms with Crippen molar-refractivity contribution in [1.29, 1.82) is 5.26 Å². The number of nitriles is 1. The summed E-state index contributed by atoms with van der Waals surface area (Å²) in [5, 5.41) is 12.5. The lowest BCUT2D eigenvalue weighted by Crippen LogP contribution is -2.39. The summed E-state index contributed by atoms with van der Waals surface area (Å²) >= 11 is 0. The van der Waals surface area contributed by atoms with Gasteiger partial charge in [0.25, 0.3) is 0 Å². The minimum absolute atomic E-state index is 0.0268. The first-order valence-electron chi connectivity index (χ1n) is 6.32. The van der Waals surface area contributed by atoms with Crippen LogP contribution in [0.15, 0.2) is 18.2 Å². The third-order valence-corrected chi connectivity index (χ3v) is 3.96. The summed E-state index contributed by atoms with van der Waals surface area (Å²) in [7, 11) is 0. The summed E-state index contributed by atoms with van der Waals surface area (Å²) in [5.41, 5.74) is 1.18. The lowest BCUT2D eigenvalue weighted by molar-refractivity contribution is 0.174. The molecule has 2 heterocycles. The molecule has 18 heavy (non-hydrogen) atoms. The first-order chi connectivity index (χ1) is 8.84. The van der Waals surface area contributed by atoms with Crippen LogP contribution < -0.4 is 14.8 Å². The topological polar surface area (TPSA) is 54.3 Å². The van der Waals surface area contributed by atoms with E-state index in [1.165, 1.54) is 5.56 Å². The largest absolute Gasteiger partial charge is 0.454 e. The van der Waals surface area contributed by atoms with Crippen molar-refractivity contribution < 1.29 is 9.47 Å². The fourth-order valence-corrected chi connectivity index (χ4v) is 2.85. The van der Waals surface area contributed by atoms with E-state index in [0.717, 1.165) is 37.4 Å². The maximum Gasteiger partial charge on any atom is 0.231 e. The molecule has 3 rings (SSSR count). The van der Waals surface area contributed by atoms with Crippen molar-refractivity contribution in [3.8, 4) is 17.6 Å². The van der Waals surface area contributed by atoms with E-state index in [1.807, 2.05) is 12.1 Å². The molecule has 2 aliphatic rings. The molecule has 0 radical (unpaired) electrons. The number of nitrogens with zero attached hydrogens (tertiary/aromatic N) is 1. The van der Waals surface area contributed by atoms with Gasteiger partial charge in [-0.05, 0) is 43.6 Å². The number of piperidine rings is 1. The Morgan fingerprint density at radius 3 is 2.78 bits per heavy atom. The van der Waals surface area contributed by atoms with Crippen LogP contribution in [-0.4, -0.2) is 19.9 Å². The summed E-state index contributed by atoms with van der Waals surface area (Å²) in [4.78, 5) is 0. The Morgan fingerprint density at radius 2 is 2.00 bits per heavy atom. The second-order valence-electron chi connectivity index (χ2n) is 4.93. The number of fused-ring (bicyclic) bond motifs is 1. The minimum Gasteiger partial charge on any atom is -0.454 e. The monoisotopic (exact) mass is 244 g/mol. The first-order valence-corrected chi connectivity index (χ1v) is 6.32. The molecule has 4 nitrogen and oxygen atoms in total. The van der Waals surface area contributed by atoms with E-state index in [1.54, 1.807) is 0 Å². The van der Waals surface area contributed by atoms with Crippen molar-refractivity contribution in [1.82, 2.24) is 5.32 Å². The van der Waals surface area contributed by atoms with Crippen LogP contribution in [0.2, 0.25) is 0 Å². The van der Waals surface area contributed by atoms with Gasteiger partial charge in [-0.3, -0.25) is 0 Å². The number of nitrogens with one attached hydrogen (secondary N) is 1. The quantitative estimate of drug-likeness (QED) is 0.864. The Bertz CT molecular complexity index is 487. The highest BCUT2D eigenvalue weighted by molar-refractivity contribution is 5.47. The van der Waals surface area contributed by atoms with Crippen molar-refractivity contribution in [3.63, 3.8) is 0 Å². The molecule has 0 bridgehead atoms. The van der Waals surface area contributed by atoms with E-state index < -0.39 is 0 Å². The van der Waals surface area contributed by atoms with Crippen molar-refractivity contribution in [2.45, 2.75) is 24.7 Å². The maximum absolute atomic E-state index is 9.11. The molecule has 4 heteroatoms. The number of rotatable bonds is 2. The molecule has 0 spiro atoms. The van der Waals surface area contributed by atoms with Gasteiger partial charge in [0, 0.05) is 11.8 Å². The summed E-state index contributed by atoms with van der Waals surface area (Å²) in [6.07, 6.45) is 2.56. The molecule has 0 unspecified atom stereocenters. The Balaban J connectivity index is 1.97. The van der Waals surface area contributed by atoms with Gasteiger partial charge in [-0.15, -0.1) is 0 Å². The number of hydrogen-bond acceptors (Lipinski definition) is 4. The molecule has 1 aromatic rings. The molecule has 1 fully saturated rings. The Morgan fingerprint density at radius 1 is 1.22 bits per heavy atom. The lowest BCUT2D eigenvalue weighted by atomic mass is 9.71. The van der Waals surface area contributed by atoms with Gasteiger partial charge in [-0.2, -0.15) is 5.26 Å². The van der Waals surface area contributed by atoms with Crippen LogP contribution in [0.5, 0.6) is 11.5 Å². The summed E-state index contributed by atoms with van der Waals surface area (Å²) < 4.78 is 10.8. The van der Waals surface area contributed by atoms with Crippen LogP contribution in [0, 0.1) is 11.3 Å². The van der Waals surface area contributed by atoms with Crippen molar-refractivity contribution in [3.05, 3.63) is 23.8 Å². The third kappa shape index (κ3) is 1.81. The fourth-order valence-electron chi connectivity index (χ4n) is 2.85. The molecule has 94 valence electrons. The molecular weight excluding hydrogens is 228 g/mol. The maximum atomic E-state index is 9.11. The minimum atomic E-state index is -0.0268. The lowest BCUT2D eigenvalue weighted by Gasteiger charge is -2.36. The van der Waals surface area contributed by atoms with Gasteiger partial charge in [0.2, 0.25) is 6.79 Å². The molecule has 2 aliphatic heterocycles. The molecule has 1 aromatic carbocycles. The zero-order chi connectivity index (χ0) is 12.4. The highest BCUT2D eigenvalue weighted by Gasteiger charge is 2.34. The first kappa shape index (κ1) is 11.4. The van der Waals surface area contributed by atoms with Crippen LogP contribution in [0.3, 0.4) is 0 Å². The number of benzene rings is 1. The molecular formula is C14H16N2O2. The van der Waals surface area contributed by atoms with E-state index in [-0.39, 0.29) is 5.41 Å². The number of ether oxygens (including phenoxy) is 2. The summed E-state index contributed by atoms with van der Waals surface area (Å²) in [5.74, 6) is 1.61. The Hall–Kier alpha value is -1.73. The van der Waals surface area contributed by atoms with Crippen molar-refractivity contribution >= 4 is 0 Å². The van der Waals surface area contributed by atoms with Crippen LogP contribution in [0.1, 0.15) is 24.8 Å². The van der Waals surface area contributed by atoms with E-state index in [2.05, 4.69) is 17.5 Å². The van der Waals surface area contributed by atoms with Gasteiger partial charge in [0.15, 0.2) is 11.5 Å². The molecule has 0 amide bonds. The summed E-state index contributed by atoms with van der Waals surface area (Å²) in [6, 6.07) is 8.43. The van der Waals surface area contributed by atoms with E-state index >= 15 is 0 Å². The second kappa shape index (κ2) is 4.51. The zero-order valence-corrected chi connectivity index (χ0v) is 10.2.